The summed E-state index contributed by atoms with van der Waals surface area (Å²) in [5.41, 5.74) is 5.32. The summed E-state index contributed by atoms with van der Waals surface area (Å²) in [4.78, 5) is 1.18. The maximum absolute atomic E-state index is 5.73. The topological polar surface area (TPSA) is 26.0 Å². The predicted molar refractivity (Wildman–Crippen MR) is 52.0 cm³/mol. The summed E-state index contributed by atoms with van der Waals surface area (Å²) in [5, 5.41) is 2.73. The average Bonchev–Trinajstić information content (AvgIpc) is 2.37. The minimum atomic E-state index is 0.704. The highest BCUT2D eigenvalue weighted by atomic mass is 35.5. The Hall–Kier alpha value is -0.310. The molecular weight excluding hydrogens is 178 g/mol. The summed E-state index contributed by atoms with van der Waals surface area (Å²) < 4.78 is 0. The van der Waals surface area contributed by atoms with Crippen LogP contribution in [0.25, 0.3) is 6.08 Å². The lowest BCUT2D eigenvalue weighted by atomic mass is 10.3. The molecule has 1 heterocycles. The highest BCUT2D eigenvalue weighted by Crippen LogP contribution is 2.20. The number of halogens is 1. The van der Waals surface area contributed by atoms with E-state index in [1.54, 1.807) is 11.3 Å². The van der Waals surface area contributed by atoms with E-state index in [0.29, 0.717) is 6.54 Å². The third kappa shape index (κ3) is 3.06. The van der Waals surface area contributed by atoms with Crippen LogP contribution in [0.15, 0.2) is 17.5 Å². The third-order valence-electron chi connectivity index (χ3n) is 1.20. The van der Waals surface area contributed by atoms with Crippen molar-refractivity contribution < 1.29 is 0 Å². The van der Waals surface area contributed by atoms with E-state index in [2.05, 4.69) is 6.08 Å². The summed E-state index contributed by atoms with van der Waals surface area (Å²) >= 11 is 7.37. The zero-order valence-electron chi connectivity index (χ0n) is 6.09. The zero-order valence-corrected chi connectivity index (χ0v) is 7.66. The second-order valence-electron chi connectivity index (χ2n) is 2.15. The molecule has 1 aromatic rings. The van der Waals surface area contributed by atoms with Gasteiger partial charge in [-0.25, -0.2) is 0 Å². The lowest BCUT2D eigenvalue weighted by Crippen LogP contribution is -1.94. The van der Waals surface area contributed by atoms with Crippen LogP contribution in [-0.4, -0.2) is 6.54 Å². The highest BCUT2D eigenvalue weighted by molar-refractivity contribution is 7.11. The molecule has 1 nitrogen and oxygen atoms in total. The molecule has 0 atom stereocenters. The second-order valence-corrected chi connectivity index (χ2v) is 3.53. The van der Waals surface area contributed by atoms with Crippen LogP contribution in [0, 0.1) is 0 Å². The first-order valence-electron chi connectivity index (χ1n) is 3.43. The summed E-state index contributed by atoms with van der Waals surface area (Å²) in [7, 11) is 0. The standard InChI is InChI=1S/C8H10ClNS/c9-7-5-8(11-6-7)3-1-2-4-10/h1,3,5-6H,2,4,10H2. The molecule has 0 aliphatic heterocycles. The van der Waals surface area contributed by atoms with Crippen LogP contribution in [0.2, 0.25) is 5.02 Å². The lowest BCUT2D eigenvalue weighted by molar-refractivity contribution is 1.01. The van der Waals surface area contributed by atoms with E-state index in [1.807, 2.05) is 17.5 Å². The van der Waals surface area contributed by atoms with E-state index in [9.17, 15) is 0 Å². The molecule has 0 amide bonds. The Labute approximate surface area is 75.5 Å². The maximum Gasteiger partial charge on any atom is 0.0519 e. The van der Waals surface area contributed by atoms with Crippen LogP contribution in [0.4, 0.5) is 0 Å². The van der Waals surface area contributed by atoms with Gasteiger partial charge in [0.2, 0.25) is 0 Å². The molecule has 0 aromatic carbocycles. The first-order valence-corrected chi connectivity index (χ1v) is 4.69. The van der Waals surface area contributed by atoms with E-state index in [0.717, 1.165) is 11.4 Å². The van der Waals surface area contributed by atoms with Gasteiger partial charge in [-0.3, -0.25) is 0 Å². The van der Waals surface area contributed by atoms with Gasteiger partial charge in [0.15, 0.2) is 0 Å². The number of hydrogen-bond acceptors (Lipinski definition) is 2. The van der Waals surface area contributed by atoms with Gasteiger partial charge < -0.3 is 5.73 Å². The van der Waals surface area contributed by atoms with Crippen LogP contribution in [0.3, 0.4) is 0 Å². The van der Waals surface area contributed by atoms with Crippen molar-refractivity contribution in [2.75, 3.05) is 6.54 Å². The van der Waals surface area contributed by atoms with Crippen molar-refractivity contribution in [3.05, 3.63) is 27.4 Å². The van der Waals surface area contributed by atoms with Gasteiger partial charge in [-0.1, -0.05) is 17.7 Å². The van der Waals surface area contributed by atoms with Gasteiger partial charge in [-0.2, -0.15) is 0 Å². The molecule has 0 aliphatic rings. The molecule has 0 spiro atoms. The van der Waals surface area contributed by atoms with Gasteiger partial charge in [0.25, 0.3) is 0 Å². The van der Waals surface area contributed by atoms with E-state index >= 15 is 0 Å². The van der Waals surface area contributed by atoms with Crippen LogP contribution < -0.4 is 5.73 Å². The van der Waals surface area contributed by atoms with E-state index in [1.165, 1.54) is 4.88 Å². The minimum Gasteiger partial charge on any atom is -0.330 e. The van der Waals surface area contributed by atoms with Crippen molar-refractivity contribution in [1.29, 1.82) is 0 Å². The van der Waals surface area contributed by atoms with Crippen molar-refractivity contribution in [2.45, 2.75) is 6.42 Å². The third-order valence-corrected chi connectivity index (χ3v) is 2.45. The number of rotatable bonds is 3. The Morgan fingerprint density at radius 2 is 2.45 bits per heavy atom. The summed E-state index contributed by atoms with van der Waals surface area (Å²) in [6.07, 6.45) is 5.03. The average molecular weight is 188 g/mol. The molecule has 0 saturated carbocycles. The van der Waals surface area contributed by atoms with Crippen molar-refractivity contribution in [1.82, 2.24) is 0 Å². The van der Waals surface area contributed by atoms with Crippen LogP contribution in [-0.2, 0) is 0 Å². The molecular formula is C8H10ClNS. The Kier molecular flexibility index (Phi) is 3.63. The smallest absolute Gasteiger partial charge is 0.0519 e. The molecule has 0 unspecified atom stereocenters. The van der Waals surface area contributed by atoms with Crippen LogP contribution in [0.1, 0.15) is 11.3 Å². The predicted octanol–water partition coefficient (Wildman–Crippen LogP) is 2.76. The van der Waals surface area contributed by atoms with Crippen molar-refractivity contribution >= 4 is 29.0 Å². The Balaban J connectivity index is 2.50. The van der Waals surface area contributed by atoms with Gasteiger partial charge in [-0.05, 0) is 25.1 Å². The Bertz CT molecular complexity index is 242. The Morgan fingerprint density at radius 1 is 1.64 bits per heavy atom. The first-order chi connectivity index (χ1) is 5.33. The molecule has 3 heteroatoms. The highest BCUT2D eigenvalue weighted by Gasteiger charge is 1.90. The molecule has 1 aromatic heterocycles. The molecule has 0 saturated heterocycles. The maximum atomic E-state index is 5.73. The molecule has 1 rings (SSSR count). The van der Waals surface area contributed by atoms with Gasteiger partial charge in [0, 0.05) is 10.3 Å². The molecule has 0 fully saturated rings. The normalized spacial score (nSPS) is 11.1. The molecule has 2 N–H and O–H groups in total. The quantitative estimate of drug-likeness (QED) is 0.774. The van der Waals surface area contributed by atoms with Gasteiger partial charge in [-0.15, -0.1) is 11.3 Å². The number of thiophene rings is 1. The van der Waals surface area contributed by atoms with E-state index in [4.69, 9.17) is 17.3 Å². The minimum absolute atomic E-state index is 0.704. The van der Waals surface area contributed by atoms with Gasteiger partial charge in [0.05, 0.1) is 5.02 Å². The molecule has 60 valence electrons. The second kappa shape index (κ2) is 4.54. The van der Waals surface area contributed by atoms with Crippen molar-refractivity contribution in [2.24, 2.45) is 5.73 Å². The number of hydrogen-bond donors (Lipinski definition) is 1. The molecule has 0 aliphatic carbocycles. The van der Waals surface area contributed by atoms with Crippen LogP contribution in [0.5, 0.6) is 0 Å². The molecule has 0 radical (unpaired) electrons. The molecule has 0 bridgehead atoms. The molecule has 11 heavy (non-hydrogen) atoms. The van der Waals surface area contributed by atoms with E-state index in [-0.39, 0.29) is 0 Å². The number of nitrogens with two attached hydrogens (primary N) is 1. The van der Waals surface area contributed by atoms with Crippen molar-refractivity contribution in [3.8, 4) is 0 Å². The van der Waals surface area contributed by atoms with E-state index < -0.39 is 0 Å². The monoisotopic (exact) mass is 187 g/mol. The zero-order chi connectivity index (χ0) is 8.10. The van der Waals surface area contributed by atoms with Crippen LogP contribution >= 0.6 is 22.9 Å². The van der Waals surface area contributed by atoms with Gasteiger partial charge >= 0.3 is 0 Å². The Morgan fingerprint density at radius 3 is 3.00 bits per heavy atom. The summed E-state index contributed by atoms with van der Waals surface area (Å²) in [6.45, 7) is 0.704. The first kappa shape index (κ1) is 8.78. The SMILES string of the molecule is NCCC=Cc1cc(Cl)cs1. The lowest BCUT2D eigenvalue weighted by Gasteiger charge is -1.83. The van der Waals surface area contributed by atoms with Gasteiger partial charge in [0.1, 0.15) is 0 Å². The fourth-order valence-corrected chi connectivity index (χ4v) is 1.71. The summed E-state index contributed by atoms with van der Waals surface area (Å²) in [6, 6.07) is 1.94. The summed E-state index contributed by atoms with van der Waals surface area (Å²) in [5.74, 6) is 0. The van der Waals surface area contributed by atoms with Crippen molar-refractivity contribution in [3.63, 3.8) is 0 Å². The fraction of sp³-hybridized carbons (Fsp3) is 0.250. The largest absolute Gasteiger partial charge is 0.330 e. The fourth-order valence-electron chi connectivity index (χ4n) is 0.711.